The maximum atomic E-state index is 13.4. The lowest BCUT2D eigenvalue weighted by Gasteiger charge is -2.16. The molecular formula is C27H23N2O4S-. The van der Waals surface area contributed by atoms with Crippen LogP contribution in [-0.4, -0.2) is 17.8 Å². The highest BCUT2D eigenvalue weighted by Crippen LogP contribution is 2.37. The van der Waals surface area contributed by atoms with E-state index in [1.807, 2.05) is 42.5 Å². The predicted molar refractivity (Wildman–Crippen MR) is 131 cm³/mol. The number of nitrogens with one attached hydrogen (secondary N) is 1. The molecule has 1 aliphatic heterocycles. The number of aryl methyl sites for hydroxylation is 1. The van der Waals surface area contributed by atoms with Crippen LogP contribution >= 0.6 is 11.8 Å². The van der Waals surface area contributed by atoms with Gasteiger partial charge < -0.3 is 15.2 Å². The molecule has 0 bridgehead atoms. The van der Waals surface area contributed by atoms with Crippen LogP contribution in [0.15, 0.2) is 94.4 Å². The van der Waals surface area contributed by atoms with Crippen molar-refractivity contribution in [2.45, 2.75) is 31.1 Å². The molecule has 0 fully saturated rings. The Bertz CT molecular complexity index is 1240. The normalized spacial score (nSPS) is 13.5. The maximum absolute atomic E-state index is 13.4. The first-order valence-corrected chi connectivity index (χ1v) is 11.8. The Morgan fingerprint density at radius 1 is 0.912 bits per heavy atom. The van der Waals surface area contributed by atoms with Crippen molar-refractivity contribution in [1.29, 1.82) is 0 Å². The third-order valence-corrected chi connectivity index (χ3v) is 6.50. The number of carboxylic acids is 1. The van der Waals surface area contributed by atoms with Gasteiger partial charge in [0.25, 0.3) is 11.8 Å². The number of hydrogen-bond acceptors (Lipinski definition) is 6. The Morgan fingerprint density at radius 3 is 2.21 bits per heavy atom. The molecule has 0 aliphatic carbocycles. The summed E-state index contributed by atoms with van der Waals surface area (Å²) >= 11 is 1.21. The average Bonchev–Trinajstić information content (AvgIpc) is 3.08. The van der Waals surface area contributed by atoms with Crippen LogP contribution in [0.4, 0.5) is 11.4 Å². The molecule has 2 amide bonds. The number of anilines is 2. The van der Waals surface area contributed by atoms with E-state index in [2.05, 4.69) is 12.2 Å². The van der Waals surface area contributed by atoms with Crippen molar-refractivity contribution >= 4 is 40.9 Å². The van der Waals surface area contributed by atoms with Crippen LogP contribution in [-0.2, 0) is 16.0 Å². The SMILES string of the molecule is CCCCc1ccc(N2C(=O)C(Nc3ccc(C(=O)[O-])cc3)=C(Sc3ccccc3)C2=O)cc1. The number of unbranched alkanes of at least 4 members (excludes halogenated alkanes) is 1. The molecule has 7 heteroatoms. The minimum atomic E-state index is -1.29. The first kappa shape index (κ1) is 23.3. The number of benzene rings is 3. The molecule has 0 aromatic heterocycles. The van der Waals surface area contributed by atoms with Crippen LogP contribution in [0.2, 0.25) is 0 Å². The lowest BCUT2D eigenvalue weighted by molar-refractivity contribution is -0.255. The summed E-state index contributed by atoms with van der Waals surface area (Å²) in [7, 11) is 0. The fourth-order valence-corrected chi connectivity index (χ4v) is 4.53. The Hall–Kier alpha value is -3.84. The van der Waals surface area contributed by atoms with E-state index >= 15 is 0 Å². The molecule has 0 saturated carbocycles. The Kier molecular flexibility index (Phi) is 7.13. The van der Waals surface area contributed by atoms with E-state index in [9.17, 15) is 19.5 Å². The van der Waals surface area contributed by atoms with E-state index in [1.165, 1.54) is 40.9 Å². The zero-order valence-corrected chi connectivity index (χ0v) is 19.4. The third-order valence-electron chi connectivity index (χ3n) is 5.41. The standard InChI is InChI=1S/C27H24N2O4S/c1-2-3-7-18-10-16-21(17-11-18)29-25(30)23(28-20-14-12-19(13-15-20)27(32)33)24(26(29)31)34-22-8-5-4-6-9-22/h4-6,8-17,28H,2-3,7H2,1H3,(H,32,33)/p-1. The molecule has 0 unspecified atom stereocenters. The molecule has 3 aromatic carbocycles. The summed E-state index contributed by atoms with van der Waals surface area (Å²) in [5, 5.41) is 14.1. The van der Waals surface area contributed by atoms with Gasteiger partial charge in [0, 0.05) is 10.6 Å². The second-order valence-corrected chi connectivity index (χ2v) is 8.91. The van der Waals surface area contributed by atoms with Gasteiger partial charge in [0.05, 0.1) is 11.7 Å². The predicted octanol–water partition coefficient (Wildman–Crippen LogP) is 4.38. The summed E-state index contributed by atoms with van der Waals surface area (Å²) in [5.74, 6) is -2.16. The van der Waals surface area contributed by atoms with Crippen molar-refractivity contribution in [2.24, 2.45) is 0 Å². The first-order chi connectivity index (χ1) is 16.5. The zero-order valence-electron chi connectivity index (χ0n) is 18.6. The summed E-state index contributed by atoms with van der Waals surface area (Å²) in [6.45, 7) is 2.13. The van der Waals surface area contributed by atoms with Gasteiger partial charge in [-0.3, -0.25) is 9.59 Å². The summed E-state index contributed by atoms with van der Waals surface area (Å²) < 4.78 is 0. The van der Waals surface area contributed by atoms with Gasteiger partial charge in [0.2, 0.25) is 0 Å². The molecule has 172 valence electrons. The van der Waals surface area contributed by atoms with E-state index < -0.39 is 17.8 Å². The fraction of sp³-hybridized carbons (Fsp3) is 0.148. The Labute approximate surface area is 202 Å². The number of imide groups is 1. The zero-order chi connectivity index (χ0) is 24.1. The van der Waals surface area contributed by atoms with Gasteiger partial charge in [-0.25, -0.2) is 4.90 Å². The Balaban J connectivity index is 1.66. The van der Waals surface area contributed by atoms with E-state index in [0.717, 1.165) is 29.7 Å². The number of aromatic carboxylic acids is 1. The molecule has 1 N–H and O–H groups in total. The number of carbonyl (C=O) groups is 3. The number of hydrogen-bond donors (Lipinski definition) is 1. The van der Waals surface area contributed by atoms with Crippen LogP contribution in [0.5, 0.6) is 0 Å². The number of carboxylic acid groups (broad SMARTS) is 1. The molecular weight excluding hydrogens is 448 g/mol. The van der Waals surface area contributed by atoms with Crippen molar-refractivity contribution in [1.82, 2.24) is 0 Å². The Morgan fingerprint density at radius 2 is 1.59 bits per heavy atom. The maximum Gasteiger partial charge on any atom is 0.283 e. The molecule has 3 aromatic rings. The van der Waals surface area contributed by atoms with Crippen LogP contribution in [0.25, 0.3) is 0 Å². The first-order valence-electron chi connectivity index (χ1n) is 11.0. The van der Waals surface area contributed by atoms with Crippen LogP contribution in [0, 0.1) is 0 Å². The second-order valence-electron chi connectivity index (χ2n) is 7.82. The molecule has 0 atom stereocenters. The van der Waals surface area contributed by atoms with Crippen molar-refractivity contribution in [3.8, 4) is 0 Å². The van der Waals surface area contributed by atoms with E-state index in [-0.39, 0.29) is 16.2 Å². The van der Waals surface area contributed by atoms with Crippen LogP contribution in [0.3, 0.4) is 0 Å². The van der Waals surface area contributed by atoms with E-state index in [1.54, 1.807) is 12.1 Å². The minimum absolute atomic E-state index is 0.0250. The number of amides is 2. The van der Waals surface area contributed by atoms with Gasteiger partial charge in [0.1, 0.15) is 10.6 Å². The molecule has 1 heterocycles. The van der Waals surface area contributed by atoms with Gasteiger partial charge >= 0.3 is 0 Å². The summed E-state index contributed by atoms with van der Waals surface area (Å²) in [5.41, 5.74) is 2.32. The van der Waals surface area contributed by atoms with Gasteiger partial charge in [-0.05, 0) is 60.4 Å². The van der Waals surface area contributed by atoms with Gasteiger partial charge in [-0.2, -0.15) is 0 Å². The molecule has 0 spiro atoms. The van der Waals surface area contributed by atoms with Gasteiger partial charge in [-0.1, -0.05) is 67.6 Å². The monoisotopic (exact) mass is 471 g/mol. The molecule has 4 rings (SSSR count). The van der Waals surface area contributed by atoms with Gasteiger partial charge in [-0.15, -0.1) is 0 Å². The number of rotatable bonds is 9. The molecule has 0 radical (unpaired) electrons. The highest BCUT2D eigenvalue weighted by atomic mass is 32.2. The number of carbonyl (C=O) groups excluding carboxylic acids is 3. The quantitative estimate of drug-likeness (QED) is 0.466. The summed E-state index contributed by atoms with van der Waals surface area (Å²) in [6, 6.07) is 22.7. The van der Waals surface area contributed by atoms with Crippen molar-refractivity contribution < 1.29 is 19.5 Å². The molecule has 6 nitrogen and oxygen atoms in total. The third kappa shape index (κ3) is 5.05. The van der Waals surface area contributed by atoms with Crippen molar-refractivity contribution in [3.05, 3.63) is 101 Å². The van der Waals surface area contributed by atoms with Crippen molar-refractivity contribution in [3.63, 3.8) is 0 Å². The summed E-state index contributed by atoms with van der Waals surface area (Å²) in [6.07, 6.45) is 3.11. The second kappa shape index (κ2) is 10.4. The fourth-order valence-electron chi connectivity index (χ4n) is 3.58. The topological polar surface area (TPSA) is 89.5 Å². The average molecular weight is 472 g/mol. The molecule has 1 aliphatic rings. The van der Waals surface area contributed by atoms with Crippen molar-refractivity contribution in [2.75, 3.05) is 10.2 Å². The van der Waals surface area contributed by atoms with E-state index in [0.29, 0.717) is 11.4 Å². The lowest BCUT2D eigenvalue weighted by Crippen LogP contribution is -2.32. The highest BCUT2D eigenvalue weighted by Gasteiger charge is 2.40. The largest absolute Gasteiger partial charge is 0.545 e. The number of thioether (sulfide) groups is 1. The highest BCUT2D eigenvalue weighted by molar-refractivity contribution is 8.04. The van der Waals surface area contributed by atoms with E-state index in [4.69, 9.17) is 0 Å². The minimum Gasteiger partial charge on any atom is -0.545 e. The molecule has 0 saturated heterocycles. The smallest absolute Gasteiger partial charge is 0.283 e. The van der Waals surface area contributed by atoms with Gasteiger partial charge in [0.15, 0.2) is 0 Å². The molecule has 34 heavy (non-hydrogen) atoms. The van der Waals surface area contributed by atoms with Crippen LogP contribution in [0.1, 0.15) is 35.7 Å². The number of nitrogens with zero attached hydrogens (tertiary/aromatic N) is 1. The van der Waals surface area contributed by atoms with Crippen LogP contribution < -0.4 is 15.3 Å². The summed E-state index contributed by atoms with van der Waals surface area (Å²) in [4.78, 5) is 40.2. The lowest BCUT2D eigenvalue weighted by atomic mass is 10.1.